The predicted octanol–water partition coefficient (Wildman–Crippen LogP) is 3.47. The predicted molar refractivity (Wildman–Crippen MR) is 93.8 cm³/mol. The van der Waals surface area contributed by atoms with Crippen LogP contribution in [0.25, 0.3) is 0 Å². The SMILES string of the molecule is Cc1c(COC(=O)c2ccc(CO)c(C)c2C)ccc(C(=O)O)c1C. The Kier molecular flexibility index (Phi) is 5.59. The molecule has 2 aromatic rings. The molecule has 5 heteroatoms. The van der Waals surface area contributed by atoms with Gasteiger partial charge in [0, 0.05) is 0 Å². The molecule has 2 aromatic carbocycles. The first kappa shape index (κ1) is 18.7. The highest BCUT2D eigenvalue weighted by molar-refractivity contribution is 5.92. The summed E-state index contributed by atoms with van der Waals surface area (Å²) < 4.78 is 5.41. The lowest BCUT2D eigenvalue weighted by atomic mass is 9.98. The molecule has 0 aliphatic rings. The first-order valence-electron chi connectivity index (χ1n) is 7.97. The molecular formula is C20H22O5. The molecule has 0 fully saturated rings. The van der Waals surface area contributed by atoms with Gasteiger partial charge in [-0.1, -0.05) is 12.1 Å². The second-order valence-corrected chi connectivity index (χ2v) is 6.08. The summed E-state index contributed by atoms with van der Waals surface area (Å²) in [5.74, 6) is -1.41. The van der Waals surface area contributed by atoms with Crippen molar-refractivity contribution in [3.8, 4) is 0 Å². The number of carboxylic acids is 1. The molecule has 2 N–H and O–H groups in total. The molecule has 0 unspecified atom stereocenters. The van der Waals surface area contributed by atoms with Crippen LogP contribution >= 0.6 is 0 Å². The number of hydrogen-bond acceptors (Lipinski definition) is 4. The third kappa shape index (κ3) is 3.72. The van der Waals surface area contributed by atoms with Crippen LogP contribution in [0.15, 0.2) is 24.3 Å². The second kappa shape index (κ2) is 7.49. The van der Waals surface area contributed by atoms with Crippen molar-refractivity contribution < 1.29 is 24.5 Å². The summed E-state index contributed by atoms with van der Waals surface area (Å²) in [5.41, 5.74) is 5.39. The van der Waals surface area contributed by atoms with Crippen molar-refractivity contribution in [2.75, 3.05) is 0 Å². The summed E-state index contributed by atoms with van der Waals surface area (Å²) >= 11 is 0. The van der Waals surface area contributed by atoms with Gasteiger partial charge in [0.15, 0.2) is 0 Å². The van der Waals surface area contributed by atoms with Gasteiger partial charge in [0.2, 0.25) is 0 Å². The molecule has 5 nitrogen and oxygen atoms in total. The highest BCUT2D eigenvalue weighted by atomic mass is 16.5. The van der Waals surface area contributed by atoms with E-state index in [4.69, 9.17) is 9.84 Å². The Hall–Kier alpha value is -2.66. The van der Waals surface area contributed by atoms with E-state index < -0.39 is 11.9 Å². The molecule has 25 heavy (non-hydrogen) atoms. The molecule has 0 aromatic heterocycles. The van der Waals surface area contributed by atoms with Crippen molar-refractivity contribution in [2.45, 2.75) is 40.9 Å². The van der Waals surface area contributed by atoms with E-state index in [0.717, 1.165) is 27.8 Å². The Morgan fingerprint density at radius 1 is 0.840 bits per heavy atom. The minimum Gasteiger partial charge on any atom is -0.478 e. The average molecular weight is 342 g/mol. The molecule has 2 rings (SSSR count). The molecule has 0 aliphatic heterocycles. The molecule has 0 saturated carbocycles. The van der Waals surface area contributed by atoms with Gasteiger partial charge in [0.1, 0.15) is 6.61 Å². The molecule has 0 heterocycles. The highest BCUT2D eigenvalue weighted by Gasteiger charge is 2.16. The van der Waals surface area contributed by atoms with Crippen molar-refractivity contribution in [1.82, 2.24) is 0 Å². The van der Waals surface area contributed by atoms with Crippen LogP contribution in [0.1, 0.15) is 54.1 Å². The van der Waals surface area contributed by atoms with E-state index in [-0.39, 0.29) is 18.8 Å². The van der Waals surface area contributed by atoms with Crippen LogP contribution < -0.4 is 0 Å². The van der Waals surface area contributed by atoms with Gasteiger partial charge in [-0.25, -0.2) is 9.59 Å². The number of ether oxygens (including phenoxy) is 1. The lowest BCUT2D eigenvalue weighted by Gasteiger charge is -2.14. The van der Waals surface area contributed by atoms with E-state index in [0.29, 0.717) is 11.1 Å². The van der Waals surface area contributed by atoms with E-state index in [1.165, 1.54) is 6.07 Å². The van der Waals surface area contributed by atoms with Crippen molar-refractivity contribution in [1.29, 1.82) is 0 Å². The summed E-state index contributed by atoms with van der Waals surface area (Å²) in [5, 5.41) is 18.4. The third-order valence-electron chi connectivity index (χ3n) is 4.78. The molecule has 0 aliphatic carbocycles. The van der Waals surface area contributed by atoms with Gasteiger partial charge < -0.3 is 14.9 Å². The first-order valence-corrected chi connectivity index (χ1v) is 7.97. The quantitative estimate of drug-likeness (QED) is 0.813. The van der Waals surface area contributed by atoms with Crippen LogP contribution in [0.2, 0.25) is 0 Å². The second-order valence-electron chi connectivity index (χ2n) is 6.08. The van der Waals surface area contributed by atoms with Gasteiger partial charge in [-0.3, -0.25) is 0 Å². The Morgan fingerprint density at radius 3 is 1.96 bits per heavy atom. The minimum absolute atomic E-state index is 0.0730. The van der Waals surface area contributed by atoms with Crippen LogP contribution in [0, 0.1) is 27.7 Å². The largest absolute Gasteiger partial charge is 0.478 e. The van der Waals surface area contributed by atoms with Crippen LogP contribution in [-0.4, -0.2) is 22.2 Å². The Labute approximate surface area is 146 Å². The lowest BCUT2D eigenvalue weighted by molar-refractivity contribution is 0.0470. The Morgan fingerprint density at radius 2 is 1.36 bits per heavy atom. The maximum atomic E-state index is 12.4. The van der Waals surface area contributed by atoms with Crippen LogP contribution in [-0.2, 0) is 18.0 Å². The maximum Gasteiger partial charge on any atom is 0.338 e. The number of carbonyl (C=O) groups is 2. The molecule has 132 valence electrons. The zero-order valence-electron chi connectivity index (χ0n) is 14.8. The van der Waals surface area contributed by atoms with Gasteiger partial charge in [-0.15, -0.1) is 0 Å². The summed E-state index contributed by atoms with van der Waals surface area (Å²) in [6.45, 7) is 7.24. The molecule has 0 saturated heterocycles. The fraction of sp³-hybridized carbons (Fsp3) is 0.300. The summed E-state index contributed by atoms with van der Waals surface area (Å²) in [4.78, 5) is 23.5. The van der Waals surface area contributed by atoms with Gasteiger partial charge >= 0.3 is 11.9 Å². The average Bonchev–Trinajstić information content (AvgIpc) is 2.58. The fourth-order valence-corrected chi connectivity index (χ4v) is 2.76. The topological polar surface area (TPSA) is 83.8 Å². The molecule has 0 bridgehead atoms. The Balaban J connectivity index is 2.20. The van der Waals surface area contributed by atoms with Crippen molar-refractivity contribution >= 4 is 11.9 Å². The summed E-state index contributed by atoms with van der Waals surface area (Å²) in [6.07, 6.45) is 0. The minimum atomic E-state index is -0.973. The molecule has 0 spiro atoms. The van der Waals surface area contributed by atoms with Gasteiger partial charge in [-0.2, -0.15) is 0 Å². The molecular weight excluding hydrogens is 320 g/mol. The normalized spacial score (nSPS) is 10.6. The third-order valence-corrected chi connectivity index (χ3v) is 4.78. The van der Waals surface area contributed by atoms with Gasteiger partial charge in [0.25, 0.3) is 0 Å². The molecule has 0 radical (unpaired) electrons. The van der Waals surface area contributed by atoms with E-state index in [1.54, 1.807) is 25.1 Å². The maximum absolute atomic E-state index is 12.4. The Bertz CT molecular complexity index is 836. The highest BCUT2D eigenvalue weighted by Crippen LogP contribution is 2.21. The number of aromatic carboxylic acids is 1. The molecule has 0 atom stereocenters. The smallest absolute Gasteiger partial charge is 0.338 e. The van der Waals surface area contributed by atoms with Crippen molar-refractivity contribution in [3.05, 3.63) is 68.8 Å². The van der Waals surface area contributed by atoms with Crippen LogP contribution in [0.4, 0.5) is 0 Å². The number of esters is 1. The zero-order valence-corrected chi connectivity index (χ0v) is 14.8. The van der Waals surface area contributed by atoms with Crippen molar-refractivity contribution in [3.63, 3.8) is 0 Å². The number of aliphatic hydroxyl groups excluding tert-OH is 1. The van der Waals surface area contributed by atoms with Crippen LogP contribution in [0.5, 0.6) is 0 Å². The lowest BCUT2D eigenvalue weighted by Crippen LogP contribution is -2.10. The summed E-state index contributed by atoms with van der Waals surface area (Å²) in [6, 6.07) is 6.57. The van der Waals surface area contributed by atoms with Gasteiger partial charge in [0.05, 0.1) is 17.7 Å². The number of aliphatic hydroxyl groups is 1. The van der Waals surface area contributed by atoms with E-state index in [1.807, 2.05) is 20.8 Å². The van der Waals surface area contributed by atoms with Crippen molar-refractivity contribution in [2.24, 2.45) is 0 Å². The number of hydrogen-bond donors (Lipinski definition) is 2. The van der Waals surface area contributed by atoms with Crippen LogP contribution in [0.3, 0.4) is 0 Å². The summed E-state index contributed by atoms with van der Waals surface area (Å²) in [7, 11) is 0. The van der Waals surface area contributed by atoms with E-state index in [9.17, 15) is 14.7 Å². The van der Waals surface area contributed by atoms with E-state index in [2.05, 4.69) is 0 Å². The fourth-order valence-electron chi connectivity index (χ4n) is 2.76. The number of benzene rings is 2. The number of carboxylic acid groups (broad SMARTS) is 1. The van der Waals surface area contributed by atoms with E-state index >= 15 is 0 Å². The standard InChI is InChI=1S/C20H22O5/c1-11-14(4)18(8-5-15(11)9-21)20(24)25-10-16-6-7-17(19(22)23)13(3)12(16)2/h5-8,21H,9-10H2,1-4H3,(H,22,23). The number of rotatable bonds is 5. The number of carbonyl (C=O) groups excluding carboxylic acids is 1. The van der Waals surface area contributed by atoms with Gasteiger partial charge in [-0.05, 0) is 73.2 Å². The zero-order chi connectivity index (χ0) is 18.7. The first-order chi connectivity index (χ1) is 11.8. The monoisotopic (exact) mass is 342 g/mol. The molecule has 0 amide bonds.